The number of ether oxygens (including phenoxy) is 2. The van der Waals surface area contributed by atoms with E-state index < -0.39 is 10.0 Å². The van der Waals surface area contributed by atoms with E-state index in [4.69, 9.17) is 9.47 Å². The number of rotatable bonds is 8. The Labute approximate surface area is 178 Å². The largest absolute Gasteiger partial charge is 0.497 e. The Kier molecular flexibility index (Phi) is 7.33. The number of carbonyl (C=O) groups is 1. The average molecular weight is 433 g/mol. The molecule has 1 heterocycles. The fraction of sp³-hybridized carbons (Fsp3) is 0.409. The van der Waals surface area contributed by atoms with E-state index in [-0.39, 0.29) is 16.7 Å². The van der Waals surface area contributed by atoms with E-state index in [1.807, 2.05) is 31.2 Å². The molecule has 1 aliphatic heterocycles. The van der Waals surface area contributed by atoms with Gasteiger partial charge in [0.1, 0.15) is 11.5 Å². The van der Waals surface area contributed by atoms with Crippen LogP contribution in [0.25, 0.3) is 0 Å². The predicted octanol–water partition coefficient (Wildman–Crippen LogP) is 2.81. The molecular weight excluding hydrogens is 404 g/mol. The Morgan fingerprint density at radius 1 is 1.03 bits per heavy atom. The van der Waals surface area contributed by atoms with Gasteiger partial charge in [0.05, 0.1) is 18.6 Å². The second-order valence-electron chi connectivity index (χ2n) is 7.15. The molecule has 0 unspecified atom stereocenters. The molecule has 2 aromatic rings. The highest BCUT2D eigenvalue weighted by Gasteiger charge is 2.32. The molecule has 1 aliphatic rings. The number of nitrogens with one attached hydrogen (secondary N) is 1. The number of piperidine rings is 1. The number of amides is 1. The molecule has 1 amide bonds. The van der Waals surface area contributed by atoms with Crippen molar-refractivity contribution in [1.29, 1.82) is 0 Å². The number of methoxy groups -OCH3 is 1. The molecule has 0 atom stereocenters. The quantitative estimate of drug-likeness (QED) is 0.693. The van der Waals surface area contributed by atoms with Crippen molar-refractivity contribution in [2.75, 3.05) is 26.8 Å². The van der Waals surface area contributed by atoms with Crippen LogP contribution in [0.15, 0.2) is 53.4 Å². The second-order valence-corrected chi connectivity index (χ2v) is 9.09. The first-order valence-electron chi connectivity index (χ1n) is 10.1. The maximum absolute atomic E-state index is 12.9. The van der Waals surface area contributed by atoms with Crippen molar-refractivity contribution in [2.24, 2.45) is 5.92 Å². The fourth-order valence-electron chi connectivity index (χ4n) is 3.46. The molecule has 3 rings (SSSR count). The maximum atomic E-state index is 12.9. The van der Waals surface area contributed by atoms with Gasteiger partial charge in [0.2, 0.25) is 15.9 Å². The third-order valence-electron chi connectivity index (χ3n) is 5.22. The van der Waals surface area contributed by atoms with Gasteiger partial charge in [0.15, 0.2) is 0 Å². The van der Waals surface area contributed by atoms with Crippen LogP contribution in [0.2, 0.25) is 0 Å². The van der Waals surface area contributed by atoms with Gasteiger partial charge in [-0.3, -0.25) is 4.79 Å². The van der Waals surface area contributed by atoms with Crippen LogP contribution in [-0.2, 0) is 21.4 Å². The van der Waals surface area contributed by atoms with Crippen LogP contribution in [0.4, 0.5) is 0 Å². The molecule has 0 spiro atoms. The molecule has 0 bridgehead atoms. The van der Waals surface area contributed by atoms with E-state index in [2.05, 4.69) is 5.32 Å². The number of benzene rings is 2. The summed E-state index contributed by atoms with van der Waals surface area (Å²) in [5.41, 5.74) is 0.986. The smallest absolute Gasteiger partial charge is 0.243 e. The highest BCUT2D eigenvalue weighted by Crippen LogP contribution is 2.25. The van der Waals surface area contributed by atoms with Crippen molar-refractivity contribution in [3.8, 4) is 11.5 Å². The van der Waals surface area contributed by atoms with Gasteiger partial charge in [0.25, 0.3) is 0 Å². The Bertz CT molecular complexity index is 934. The molecule has 0 saturated carbocycles. The minimum Gasteiger partial charge on any atom is -0.497 e. The average Bonchev–Trinajstić information content (AvgIpc) is 2.78. The van der Waals surface area contributed by atoms with Crippen LogP contribution in [-0.4, -0.2) is 45.4 Å². The van der Waals surface area contributed by atoms with Gasteiger partial charge in [-0.15, -0.1) is 0 Å². The summed E-state index contributed by atoms with van der Waals surface area (Å²) in [6, 6.07) is 14.0. The molecule has 1 saturated heterocycles. The summed E-state index contributed by atoms with van der Waals surface area (Å²) in [6.45, 7) is 3.50. The van der Waals surface area contributed by atoms with Crippen molar-refractivity contribution in [1.82, 2.24) is 9.62 Å². The second kappa shape index (κ2) is 9.95. The van der Waals surface area contributed by atoms with Gasteiger partial charge >= 0.3 is 0 Å². The van der Waals surface area contributed by atoms with Gasteiger partial charge in [-0.2, -0.15) is 4.31 Å². The molecule has 30 heavy (non-hydrogen) atoms. The lowest BCUT2D eigenvalue weighted by molar-refractivity contribution is -0.126. The molecule has 1 N–H and O–H groups in total. The van der Waals surface area contributed by atoms with Crippen molar-refractivity contribution < 1.29 is 22.7 Å². The number of carbonyl (C=O) groups excluding carboxylic acids is 1. The van der Waals surface area contributed by atoms with Crippen LogP contribution in [0.1, 0.15) is 25.3 Å². The summed E-state index contributed by atoms with van der Waals surface area (Å²) in [4.78, 5) is 12.7. The summed E-state index contributed by atoms with van der Waals surface area (Å²) >= 11 is 0. The normalized spacial score (nSPS) is 15.5. The molecule has 1 fully saturated rings. The van der Waals surface area contributed by atoms with Crippen molar-refractivity contribution in [3.05, 3.63) is 54.1 Å². The topological polar surface area (TPSA) is 84.9 Å². The first kappa shape index (κ1) is 22.1. The Hall–Kier alpha value is -2.58. The first-order valence-corrected chi connectivity index (χ1v) is 11.5. The van der Waals surface area contributed by atoms with Crippen molar-refractivity contribution >= 4 is 15.9 Å². The van der Waals surface area contributed by atoms with Gasteiger partial charge in [-0.25, -0.2) is 8.42 Å². The van der Waals surface area contributed by atoms with Crippen LogP contribution in [0.5, 0.6) is 11.5 Å². The summed E-state index contributed by atoms with van der Waals surface area (Å²) < 4.78 is 37.7. The fourth-order valence-corrected chi connectivity index (χ4v) is 4.93. The maximum Gasteiger partial charge on any atom is 0.243 e. The van der Waals surface area contributed by atoms with E-state index in [1.165, 1.54) is 4.31 Å². The monoisotopic (exact) mass is 432 g/mol. The van der Waals surface area contributed by atoms with E-state index >= 15 is 0 Å². The van der Waals surface area contributed by atoms with E-state index in [0.717, 1.165) is 11.3 Å². The molecule has 8 heteroatoms. The Morgan fingerprint density at radius 3 is 2.20 bits per heavy atom. The molecular formula is C22H28N2O5S. The van der Waals surface area contributed by atoms with Crippen molar-refractivity contribution in [3.63, 3.8) is 0 Å². The van der Waals surface area contributed by atoms with E-state index in [9.17, 15) is 13.2 Å². The van der Waals surface area contributed by atoms with Crippen molar-refractivity contribution in [2.45, 2.75) is 31.2 Å². The summed E-state index contributed by atoms with van der Waals surface area (Å²) in [7, 11) is -1.96. The van der Waals surface area contributed by atoms with Gasteiger partial charge in [-0.1, -0.05) is 12.1 Å². The zero-order valence-corrected chi connectivity index (χ0v) is 18.2. The summed E-state index contributed by atoms with van der Waals surface area (Å²) in [5, 5.41) is 2.95. The number of nitrogens with zero attached hydrogens (tertiary/aromatic N) is 1. The zero-order chi connectivity index (χ0) is 21.6. The molecule has 0 aliphatic carbocycles. The standard InChI is InChI=1S/C22H28N2O5S/c1-3-29-20-8-10-21(11-9-20)30(26,27)24-14-12-18(13-15-24)22(25)23-16-17-4-6-19(28-2)7-5-17/h4-11,18H,3,12-16H2,1-2H3,(H,23,25). The van der Waals surface area contributed by atoms with E-state index in [0.29, 0.717) is 44.8 Å². The SMILES string of the molecule is CCOc1ccc(S(=O)(=O)N2CCC(C(=O)NCc3ccc(OC)cc3)CC2)cc1. The summed E-state index contributed by atoms with van der Waals surface area (Å²) in [5.74, 6) is 1.19. The van der Waals surface area contributed by atoms with Gasteiger partial charge in [-0.05, 0) is 61.7 Å². The van der Waals surface area contributed by atoms with E-state index in [1.54, 1.807) is 31.4 Å². The molecule has 0 radical (unpaired) electrons. The van der Waals surface area contributed by atoms with Gasteiger partial charge in [0, 0.05) is 25.6 Å². The van der Waals surface area contributed by atoms with Crippen LogP contribution in [0, 0.1) is 5.92 Å². The van der Waals surface area contributed by atoms with Gasteiger partial charge < -0.3 is 14.8 Å². The number of hydrogen-bond acceptors (Lipinski definition) is 5. The molecule has 162 valence electrons. The number of sulfonamides is 1. The minimum absolute atomic E-state index is 0.0380. The van der Waals surface area contributed by atoms with Crippen LogP contribution >= 0.6 is 0 Å². The highest BCUT2D eigenvalue weighted by atomic mass is 32.2. The highest BCUT2D eigenvalue weighted by molar-refractivity contribution is 7.89. The van der Waals surface area contributed by atoms with Crippen LogP contribution < -0.4 is 14.8 Å². The predicted molar refractivity (Wildman–Crippen MR) is 114 cm³/mol. The first-order chi connectivity index (χ1) is 14.4. The lowest BCUT2D eigenvalue weighted by Gasteiger charge is -2.30. The molecule has 0 aromatic heterocycles. The summed E-state index contributed by atoms with van der Waals surface area (Å²) in [6.07, 6.45) is 1.01. The number of hydrogen-bond donors (Lipinski definition) is 1. The zero-order valence-electron chi connectivity index (χ0n) is 17.3. The Balaban J connectivity index is 1.52. The molecule has 2 aromatic carbocycles. The third-order valence-corrected chi connectivity index (χ3v) is 7.14. The van der Waals surface area contributed by atoms with Crippen LogP contribution in [0.3, 0.4) is 0 Å². The molecule has 7 nitrogen and oxygen atoms in total. The Morgan fingerprint density at radius 2 is 1.63 bits per heavy atom. The lowest BCUT2D eigenvalue weighted by atomic mass is 9.97. The lowest BCUT2D eigenvalue weighted by Crippen LogP contribution is -2.42. The minimum atomic E-state index is -3.57. The third kappa shape index (κ3) is 5.31.